The number of H-pyrrole nitrogens is 1. The van der Waals surface area contributed by atoms with Crippen LogP contribution in [-0.4, -0.2) is 89.6 Å². The van der Waals surface area contributed by atoms with Gasteiger partial charge in [-0.3, -0.25) is 14.5 Å². The summed E-state index contributed by atoms with van der Waals surface area (Å²) >= 11 is 4.03. The molecule has 2 aliphatic rings. The number of ether oxygens (including phenoxy) is 1. The van der Waals surface area contributed by atoms with E-state index in [1.165, 1.54) is 40.2 Å². The Morgan fingerprint density at radius 3 is 3.00 bits per heavy atom. The van der Waals surface area contributed by atoms with Gasteiger partial charge in [0.1, 0.15) is 17.1 Å². The van der Waals surface area contributed by atoms with Gasteiger partial charge in [-0.05, 0) is 22.4 Å². The minimum atomic E-state index is -1.16. The summed E-state index contributed by atoms with van der Waals surface area (Å²) in [6.07, 6.45) is 2.03. The molecule has 2 aliphatic heterocycles. The molecule has 1 aromatic heterocycles. The second-order valence-corrected chi connectivity index (χ2v) is 9.44. The summed E-state index contributed by atoms with van der Waals surface area (Å²) in [5.41, 5.74) is 0.594. The number of amides is 2. The Balaban J connectivity index is 1.52. The zero-order valence-electron chi connectivity index (χ0n) is 16.2. The van der Waals surface area contributed by atoms with Gasteiger partial charge in [0.2, 0.25) is 11.1 Å². The number of carbonyl (C=O) groups excluding carboxylic acids is 2. The Kier molecular flexibility index (Phi) is 8.41. The van der Waals surface area contributed by atoms with Crippen molar-refractivity contribution in [2.45, 2.75) is 36.3 Å². The number of aliphatic carboxylic acids is 1. The lowest BCUT2D eigenvalue weighted by atomic mass is 10.0. The SMILES string of the molecule is CCCCOCSCC(=O)NC1C(=O)N2C(C(=O)O)=C(CSc3nnn[nH]3)CSC12. The number of rotatable bonds is 12. The van der Waals surface area contributed by atoms with Gasteiger partial charge in [0.15, 0.2) is 0 Å². The maximum Gasteiger partial charge on any atom is 0.352 e. The molecule has 30 heavy (non-hydrogen) atoms. The fourth-order valence-corrected chi connectivity index (χ4v) is 5.69. The molecule has 3 heterocycles. The van der Waals surface area contributed by atoms with Crippen molar-refractivity contribution in [3.8, 4) is 0 Å². The van der Waals surface area contributed by atoms with E-state index >= 15 is 0 Å². The minimum Gasteiger partial charge on any atom is -0.477 e. The quantitative estimate of drug-likeness (QED) is 0.168. The van der Waals surface area contributed by atoms with Gasteiger partial charge < -0.3 is 15.2 Å². The third kappa shape index (κ3) is 5.47. The van der Waals surface area contributed by atoms with E-state index < -0.39 is 23.3 Å². The van der Waals surface area contributed by atoms with Crippen molar-refractivity contribution < 1.29 is 24.2 Å². The van der Waals surface area contributed by atoms with Crippen LogP contribution in [-0.2, 0) is 19.1 Å². The zero-order valence-corrected chi connectivity index (χ0v) is 18.6. The summed E-state index contributed by atoms with van der Waals surface area (Å²) in [5.74, 6) is -0.454. The Bertz CT molecular complexity index is 805. The molecule has 1 saturated heterocycles. The summed E-state index contributed by atoms with van der Waals surface area (Å²) in [5, 5.41) is 25.7. The van der Waals surface area contributed by atoms with E-state index in [1.54, 1.807) is 0 Å². The number of thioether (sulfide) groups is 3. The van der Waals surface area contributed by atoms with E-state index in [4.69, 9.17) is 4.74 Å². The van der Waals surface area contributed by atoms with Gasteiger partial charge in [-0.2, -0.15) is 0 Å². The van der Waals surface area contributed by atoms with Crippen LogP contribution in [0.5, 0.6) is 0 Å². The van der Waals surface area contributed by atoms with Gasteiger partial charge in [0, 0.05) is 18.1 Å². The molecular formula is C16H22N6O5S3. The van der Waals surface area contributed by atoms with Crippen LogP contribution in [0.15, 0.2) is 16.4 Å². The van der Waals surface area contributed by atoms with E-state index in [-0.39, 0.29) is 17.4 Å². The molecule has 164 valence electrons. The number of tetrazole rings is 1. The van der Waals surface area contributed by atoms with Crippen molar-refractivity contribution in [3.05, 3.63) is 11.3 Å². The molecule has 14 heteroatoms. The molecule has 11 nitrogen and oxygen atoms in total. The molecule has 0 saturated carbocycles. The van der Waals surface area contributed by atoms with Crippen molar-refractivity contribution in [2.75, 3.05) is 29.8 Å². The van der Waals surface area contributed by atoms with Crippen LogP contribution in [0, 0.1) is 0 Å². The monoisotopic (exact) mass is 474 g/mol. The standard InChI is InChI=1S/C16H22N6O5S3/c1-2-3-4-27-8-28-7-10(23)17-11-13(24)22-12(15(25)26)9(5-29-14(11)22)6-30-16-18-20-21-19-16/h11,14H,2-8H2,1H3,(H,17,23)(H,25,26)(H,18,19,20,21). The van der Waals surface area contributed by atoms with Crippen LogP contribution in [0.3, 0.4) is 0 Å². The first-order chi connectivity index (χ1) is 14.5. The van der Waals surface area contributed by atoms with E-state index in [1.807, 2.05) is 0 Å². The molecule has 0 aromatic carbocycles. The number of hydrogen-bond acceptors (Lipinski definition) is 10. The Morgan fingerprint density at radius 1 is 1.47 bits per heavy atom. The van der Waals surface area contributed by atoms with Gasteiger partial charge in [-0.1, -0.05) is 25.1 Å². The van der Waals surface area contributed by atoms with Gasteiger partial charge in [0.05, 0.1) is 11.7 Å². The third-order valence-corrected chi connectivity index (χ3v) is 7.40. The molecule has 3 rings (SSSR count). The average molecular weight is 475 g/mol. The van der Waals surface area contributed by atoms with Gasteiger partial charge >= 0.3 is 5.97 Å². The van der Waals surface area contributed by atoms with Crippen LogP contribution in [0.2, 0.25) is 0 Å². The van der Waals surface area contributed by atoms with E-state index in [0.29, 0.717) is 34.8 Å². The number of aromatic nitrogens is 4. The lowest BCUT2D eigenvalue weighted by Crippen LogP contribution is -2.70. The lowest BCUT2D eigenvalue weighted by molar-refractivity contribution is -0.150. The summed E-state index contributed by atoms with van der Waals surface area (Å²) in [7, 11) is 0. The fraction of sp³-hybridized carbons (Fsp3) is 0.625. The predicted molar refractivity (Wildman–Crippen MR) is 113 cm³/mol. The highest BCUT2D eigenvalue weighted by molar-refractivity contribution is 8.01. The highest BCUT2D eigenvalue weighted by atomic mass is 32.2. The first-order valence-electron chi connectivity index (χ1n) is 9.24. The van der Waals surface area contributed by atoms with Gasteiger partial charge in [0.25, 0.3) is 5.91 Å². The normalized spacial score (nSPS) is 20.7. The molecular weight excluding hydrogens is 452 g/mol. The maximum atomic E-state index is 12.6. The Morgan fingerprint density at radius 2 is 2.30 bits per heavy atom. The molecule has 2 atom stereocenters. The number of hydrogen-bond donors (Lipinski definition) is 3. The zero-order chi connectivity index (χ0) is 21.5. The van der Waals surface area contributed by atoms with Crippen molar-refractivity contribution in [1.82, 2.24) is 30.8 Å². The van der Waals surface area contributed by atoms with E-state index in [0.717, 1.165) is 12.8 Å². The highest BCUT2D eigenvalue weighted by Crippen LogP contribution is 2.41. The number of carboxylic acid groups (broad SMARTS) is 1. The summed E-state index contributed by atoms with van der Waals surface area (Å²) in [6.45, 7) is 2.74. The smallest absolute Gasteiger partial charge is 0.352 e. The topological polar surface area (TPSA) is 150 Å². The molecule has 3 N–H and O–H groups in total. The number of unbranched alkanes of at least 4 members (excludes halogenated alkanes) is 1. The number of aromatic amines is 1. The maximum absolute atomic E-state index is 12.6. The number of nitrogens with zero attached hydrogens (tertiary/aromatic N) is 4. The van der Waals surface area contributed by atoms with Crippen molar-refractivity contribution >= 4 is 53.1 Å². The third-order valence-electron chi connectivity index (χ3n) is 4.32. The highest BCUT2D eigenvalue weighted by Gasteiger charge is 2.54. The first kappa shape index (κ1) is 22.9. The Hall–Kier alpha value is -1.77. The second-order valence-electron chi connectivity index (χ2n) is 6.44. The number of β-lactam (4-membered cyclic amide) rings is 1. The molecule has 0 spiro atoms. The van der Waals surface area contributed by atoms with E-state index in [9.17, 15) is 19.5 Å². The summed E-state index contributed by atoms with van der Waals surface area (Å²) < 4.78 is 5.39. The van der Waals surface area contributed by atoms with Gasteiger partial charge in [-0.15, -0.1) is 28.6 Å². The van der Waals surface area contributed by atoms with Crippen LogP contribution < -0.4 is 5.32 Å². The number of fused-ring (bicyclic) bond motifs is 1. The van der Waals surface area contributed by atoms with E-state index in [2.05, 4.69) is 32.9 Å². The van der Waals surface area contributed by atoms with Crippen molar-refractivity contribution in [1.29, 1.82) is 0 Å². The number of nitrogens with one attached hydrogen (secondary N) is 2. The van der Waals surface area contributed by atoms with Crippen LogP contribution >= 0.6 is 35.3 Å². The first-order valence-corrected chi connectivity index (χ1v) is 12.4. The summed E-state index contributed by atoms with van der Waals surface area (Å²) in [4.78, 5) is 37.8. The molecule has 2 unspecified atom stereocenters. The largest absolute Gasteiger partial charge is 0.477 e. The lowest BCUT2D eigenvalue weighted by Gasteiger charge is -2.49. The minimum absolute atomic E-state index is 0.0204. The van der Waals surface area contributed by atoms with Crippen molar-refractivity contribution in [2.24, 2.45) is 0 Å². The molecule has 1 fully saturated rings. The molecule has 1 aromatic rings. The van der Waals surface area contributed by atoms with Crippen molar-refractivity contribution in [3.63, 3.8) is 0 Å². The number of carboxylic acids is 1. The fourth-order valence-electron chi connectivity index (χ4n) is 2.88. The summed E-state index contributed by atoms with van der Waals surface area (Å²) in [6, 6.07) is -0.717. The van der Waals surface area contributed by atoms with Crippen LogP contribution in [0.25, 0.3) is 0 Å². The van der Waals surface area contributed by atoms with Gasteiger partial charge in [-0.25, -0.2) is 9.89 Å². The average Bonchev–Trinajstić information content (AvgIpc) is 3.25. The van der Waals surface area contributed by atoms with Crippen LogP contribution in [0.1, 0.15) is 19.8 Å². The number of carbonyl (C=O) groups is 3. The Labute approximate surface area is 185 Å². The van der Waals surface area contributed by atoms with Crippen LogP contribution in [0.4, 0.5) is 0 Å². The second kappa shape index (κ2) is 11.0. The molecule has 2 amide bonds. The predicted octanol–water partition coefficient (Wildman–Crippen LogP) is 0.538. The molecule has 0 radical (unpaired) electrons. The molecule has 0 aliphatic carbocycles. The molecule has 0 bridgehead atoms.